The van der Waals surface area contributed by atoms with E-state index in [-0.39, 0.29) is 5.22 Å². The van der Waals surface area contributed by atoms with E-state index in [0.717, 1.165) is 25.9 Å². The van der Waals surface area contributed by atoms with Gasteiger partial charge in [-0.3, -0.25) is 0 Å². The first-order valence-corrected chi connectivity index (χ1v) is 11.2. The van der Waals surface area contributed by atoms with E-state index >= 15 is 0 Å². The van der Waals surface area contributed by atoms with Crippen molar-refractivity contribution in [3.05, 3.63) is 0 Å². The third-order valence-electron chi connectivity index (χ3n) is 5.15. The SMILES string of the molecule is CCCCCCCCCCC1([Si](OC)(OC)OC)CCCCO1. The summed E-state index contributed by atoms with van der Waals surface area (Å²) in [5.41, 5.74) is 0. The molecular weight excluding hydrogens is 308 g/mol. The highest BCUT2D eigenvalue weighted by Gasteiger charge is 2.61. The molecule has 0 N–H and O–H groups in total. The lowest BCUT2D eigenvalue weighted by Gasteiger charge is -2.45. The third kappa shape index (κ3) is 5.82. The predicted molar refractivity (Wildman–Crippen MR) is 96.5 cm³/mol. The Hall–Kier alpha value is 0.0569. The largest absolute Gasteiger partial charge is 0.533 e. The van der Waals surface area contributed by atoms with Gasteiger partial charge in [0.15, 0.2) is 0 Å². The van der Waals surface area contributed by atoms with Crippen LogP contribution in [0.15, 0.2) is 0 Å². The molecule has 1 aliphatic rings. The second-order valence-electron chi connectivity index (χ2n) is 6.69. The smallest absolute Gasteiger partial charge is 0.375 e. The van der Waals surface area contributed by atoms with E-state index < -0.39 is 8.80 Å². The van der Waals surface area contributed by atoms with E-state index in [2.05, 4.69) is 6.92 Å². The molecular formula is C18H38O4Si. The van der Waals surface area contributed by atoms with Gasteiger partial charge in [-0.15, -0.1) is 0 Å². The number of hydrogen-bond acceptors (Lipinski definition) is 4. The fourth-order valence-corrected chi connectivity index (χ4v) is 6.66. The second-order valence-corrected chi connectivity index (χ2v) is 9.94. The second kappa shape index (κ2) is 11.6. The minimum atomic E-state index is -2.78. The van der Waals surface area contributed by atoms with Crippen LogP contribution in [-0.4, -0.2) is 42.0 Å². The number of ether oxygens (including phenoxy) is 1. The molecule has 1 rings (SSSR count). The van der Waals surface area contributed by atoms with Crippen LogP contribution in [0.5, 0.6) is 0 Å². The molecule has 138 valence electrons. The molecule has 0 spiro atoms. The van der Waals surface area contributed by atoms with Gasteiger partial charge in [0.05, 0.1) is 0 Å². The van der Waals surface area contributed by atoms with Crippen molar-refractivity contribution in [1.82, 2.24) is 0 Å². The topological polar surface area (TPSA) is 36.9 Å². The molecule has 4 nitrogen and oxygen atoms in total. The van der Waals surface area contributed by atoms with E-state index in [4.69, 9.17) is 18.0 Å². The molecule has 0 aliphatic carbocycles. The van der Waals surface area contributed by atoms with E-state index in [1.54, 1.807) is 21.3 Å². The summed E-state index contributed by atoms with van der Waals surface area (Å²) in [4.78, 5) is 0. The first-order chi connectivity index (χ1) is 11.2. The first-order valence-electron chi connectivity index (χ1n) is 9.49. The molecule has 1 heterocycles. The lowest BCUT2D eigenvalue weighted by molar-refractivity contribution is -0.0878. The average molecular weight is 347 g/mol. The Labute approximate surface area is 144 Å². The lowest BCUT2D eigenvalue weighted by atomic mass is 10.0. The highest BCUT2D eigenvalue weighted by Crippen LogP contribution is 2.39. The van der Waals surface area contributed by atoms with Gasteiger partial charge in [-0.1, -0.05) is 58.3 Å². The maximum Gasteiger partial charge on any atom is 0.533 e. The summed E-state index contributed by atoms with van der Waals surface area (Å²) in [6.45, 7) is 3.06. The first kappa shape index (κ1) is 21.1. The van der Waals surface area contributed by atoms with Crippen molar-refractivity contribution >= 4 is 8.80 Å². The molecule has 0 saturated carbocycles. The van der Waals surface area contributed by atoms with Gasteiger partial charge in [0.1, 0.15) is 5.22 Å². The molecule has 1 unspecified atom stereocenters. The van der Waals surface area contributed by atoms with Crippen molar-refractivity contribution in [3.8, 4) is 0 Å². The normalized spacial score (nSPS) is 22.4. The monoisotopic (exact) mass is 346 g/mol. The molecule has 0 aromatic rings. The maximum atomic E-state index is 6.25. The minimum absolute atomic E-state index is 0.342. The average Bonchev–Trinajstić information content (AvgIpc) is 2.60. The van der Waals surface area contributed by atoms with Crippen LogP contribution in [0, 0.1) is 0 Å². The van der Waals surface area contributed by atoms with Crippen LogP contribution in [0.1, 0.15) is 84.0 Å². The van der Waals surface area contributed by atoms with Crippen LogP contribution in [0.4, 0.5) is 0 Å². The third-order valence-corrected chi connectivity index (χ3v) is 8.52. The fourth-order valence-electron chi connectivity index (χ4n) is 3.80. The lowest BCUT2D eigenvalue weighted by Crippen LogP contribution is -2.66. The Morgan fingerprint density at radius 1 is 0.826 bits per heavy atom. The van der Waals surface area contributed by atoms with E-state index in [1.807, 2.05) is 0 Å². The van der Waals surface area contributed by atoms with Gasteiger partial charge in [-0.05, 0) is 25.7 Å². The van der Waals surface area contributed by atoms with Crippen molar-refractivity contribution in [2.24, 2.45) is 0 Å². The molecule has 0 amide bonds. The molecule has 0 aromatic heterocycles. The van der Waals surface area contributed by atoms with E-state index in [0.29, 0.717) is 0 Å². The highest BCUT2D eigenvalue weighted by atomic mass is 28.4. The Morgan fingerprint density at radius 3 is 1.87 bits per heavy atom. The molecule has 5 heteroatoms. The van der Waals surface area contributed by atoms with Gasteiger partial charge < -0.3 is 18.0 Å². The van der Waals surface area contributed by atoms with Gasteiger partial charge >= 0.3 is 8.80 Å². The molecule has 1 saturated heterocycles. The van der Waals surface area contributed by atoms with Crippen LogP contribution in [-0.2, 0) is 18.0 Å². The standard InChI is InChI=1S/C18H38O4Si/c1-5-6-7-8-9-10-11-12-15-18(16-13-14-17-22-18)23(19-2,20-3)21-4/h5-17H2,1-4H3. The summed E-state index contributed by atoms with van der Waals surface area (Å²) >= 11 is 0. The minimum Gasteiger partial charge on any atom is -0.375 e. The Morgan fingerprint density at radius 2 is 1.39 bits per heavy atom. The maximum absolute atomic E-state index is 6.25. The molecule has 1 fully saturated rings. The summed E-state index contributed by atoms with van der Waals surface area (Å²) in [6, 6.07) is 0. The fraction of sp³-hybridized carbons (Fsp3) is 1.00. The van der Waals surface area contributed by atoms with Gasteiger partial charge in [-0.2, -0.15) is 0 Å². The Balaban J connectivity index is 2.46. The quantitative estimate of drug-likeness (QED) is 0.352. The van der Waals surface area contributed by atoms with Gasteiger partial charge in [0.2, 0.25) is 0 Å². The van der Waals surface area contributed by atoms with Gasteiger partial charge in [-0.25, -0.2) is 0 Å². The zero-order valence-electron chi connectivity index (χ0n) is 15.8. The molecule has 0 radical (unpaired) electrons. The highest BCUT2D eigenvalue weighted by molar-refractivity contribution is 6.64. The Bertz CT molecular complexity index is 280. The van der Waals surface area contributed by atoms with Gasteiger partial charge in [0.25, 0.3) is 0 Å². The predicted octanol–water partition coefficient (Wildman–Crippen LogP) is 4.87. The summed E-state index contributed by atoms with van der Waals surface area (Å²) in [5, 5.41) is -0.342. The molecule has 1 aliphatic heterocycles. The number of rotatable bonds is 13. The molecule has 0 bridgehead atoms. The van der Waals surface area contributed by atoms with Crippen molar-refractivity contribution in [1.29, 1.82) is 0 Å². The van der Waals surface area contributed by atoms with Crippen molar-refractivity contribution < 1.29 is 18.0 Å². The van der Waals surface area contributed by atoms with Crippen LogP contribution in [0.3, 0.4) is 0 Å². The number of hydrogen-bond donors (Lipinski definition) is 0. The zero-order valence-corrected chi connectivity index (χ0v) is 16.8. The molecule has 1 atom stereocenters. The van der Waals surface area contributed by atoms with E-state index in [9.17, 15) is 0 Å². The van der Waals surface area contributed by atoms with Crippen LogP contribution in [0.2, 0.25) is 0 Å². The summed E-state index contributed by atoms with van der Waals surface area (Å²) in [6.07, 6.45) is 14.8. The van der Waals surface area contributed by atoms with Crippen LogP contribution in [0.25, 0.3) is 0 Å². The van der Waals surface area contributed by atoms with Crippen molar-refractivity contribution in [3.63, 3.8) is 0 Å². The number of unbranched alkanes of at least 4 members (excludes halogenated alkanes) is 7. The van der Waals surface area contributed by atoms with Crippen molar-refractivity contribution in [2.45, 2.75) is 89.2 Å². The zero-order chi connectivity index (χ0) is 17.0. The summed E-state index contributed by atoms with van der Waals surface area (Å²) in [5.74, 6) is 0. The molecule has 0 aromatic carbocycles. The van der Waals surface area contributed by atoms with Crippen LogP contribution < -0.4 is 0 Å². The molecule has 23 heavy (non-hydrogen) atoms. The van der Waals surface area contributed by atoms with E-state index in [1.165, 1.54) is 57.8 Å². The van der Waals surface area contributed by atoms with Gasteiger partial charge in [0, 0.05) is 27.9 Å². The van der Waals surface area contributed by atoms with Crippen LogP contribution >= 0.6 is 0 Å². The Kier molecular flexibility index (Phi) is 10.6. The summed E-state index contributed by atoms with van der Waals surface area (Å²) < 4.78 is 23.6. The van der Waals surface area contributed by atoms with Crippen molar-refractivity contribution in [2.75, 3.05) is 27.9 Å². The summed E-state index contributed by atoms with van der Waals surface area (Å²) in [7, 11) is 2.33.